The highest BCUT2D eigenvalue weighted by molar-refractivity contribution is 7.91. The number of nitrogens with zero attached hydrogens (tertiary/aromatic N) is 2. The maximum Gasteiger partial charge on any atom is 0.252 e. The van der Waals surface area contributed by atoms with Gasteiger partial charge >= 0.3 is 0 Å². The minimum Gasteiger partial charge on any atom is -0.336 e. The SMILES string of the molecule is CN(CC(=O)N1Cc2ccccc2C(c2ccccc2)C1)S(=O)(=O)c1cccs1. The second-order valence-corrected chi connectivity index (χ2v) is 10.3. The molecule has 7 heteroatoms. The molecule has 5 nitrogen and oxygen atoms in total. The molecule has 0 aliphatic carbocycles. The molecule has 0 bridgehead atoms. The first-order valence-corrected chi connectivity index (χ1v) is 11.7. The molecule has 2 heterocycles. The van der Waals surface area contributed by atoms with Crippen LogP contribution in [0.2, 0.25) is 0 Å². The highest BCUT2D eigenvalue weighted by Crippen LogP contribution is 2.33. The summed E-state index contributed by atoms with van der Waals surface area (Å²) in [5.41, 5.74) is 3.48. The Morgan fingerprint density at radius 2 is 1.79 bits per heavy atom. The van der Waals surface area contributed by atoms with Gasteiger partial charge in [0.15, 0.2) is 0 Å². The average Bonchev–Trinajstić information content (AvgIpc) is 3.29. The maximum atomic E-state index is 13.0. The van der Waals surface area contributed by atoms with Crippen molar-refractivity contribution >= 4 is 27.3 Å². The Hall–Kier alpha value is -2.48. The van der Waals surface area contributed by atoms with Crippen LogP contribution < -0.4 is 0 Å². The van der Waals surface area contributed by atoms with E-state index in [1.807, 2.05) is 36.4 Å². The molecule has 1 aliphatic rings. The lowest BCUT2D eigenvalue weighted by atomic mass is 9.84. The number of benzene rings is 2. The number of carbonyl (C=O) groups excluding carboxylic acids is 1. The van der Waals surface area contributed by atoms with Crippen LogP contribution in [-0.2, 0) is 21.4 Å². The standard InChI is InChI=1S/C22H22N2O3S2/c1-23(29(26,27)22-12-7-13-28-22)16-21(25)24-14-18-10-5-6-11-19(18)20(15-24)17-8-3-2-4-9-17/h2-13,20H,14-16H2,1H3. The molecule has 1 aromatic heterocycles. The first-order chi connectivity index (χ1) is 14.0. The third-order valence-electron chi connectivity index (χ3n) is 5.27. The third-order valence-corrected chi connectivity index (χ3v) is 8.44. The Bertz CT molecular complexity index is 1100. The van der Waals surface area contributed by atoms with E-state index in [2.05, 4.69) is 18.2 Å². The number of hydrogen-bond donors (Lipinski definition) is 0. The van der Waals surface area contributed by atoms with Gasteiger partial charge in [0, 0.05) is 26.1 Å². The third kappa shape index (κ3) is 3.99. The number of thiophene rings is 1. The summed E-state index contributed by atoms with van der Waals surface area (Å²) in [5.74, 6) is -0.118. The summed E-state index contributed by atoms with van der Waals surface area (Å²) in [6, 6.07) is 21.5. The lowest BCUT2D eigenvalue weighted by Gasteiger charge is -2.35. The van der Waals surface area contributed by atoms with Gasteiger partial charge in [0.2, 0.25) is 5.91 Å². The molecular formula is C22H22N2O3S2. The number of sulfonamides is 1. The van der Waals surface area contributed by atoms with Crippen molar-refractivity contribution in [2.75, 3.05) is 20.1 Å². The zero-order chi connectivity index (χ0) is 20.4. The Labute approximate surface area is 175 Å². The zero-order valence-electron chi connectivity index (χ0n) is 16.1. The molecule has 1 aliphatic heterocycles. The van der Waals surface area contributed by atoms with Crippen molar-refractivity contribution in [3.05, 3.63) is 88.8 Å². The van der Waals surface area contributed by atoms with Gasteiger partial charge < -0.3 is 4.90 Å². The van der Waals surface area contributed by atoms with Gasteiger partial charge in [-0.3, -0.25) is 4.79 Å². The largest absolute Gasteiger partial charge is 0.336 e. The molecular weight excluding hydrogens is 404 g/mol. The van der Waals surface area contributed by atoms with E-state index in [1.165, 1.54) is 12.6 Å². The fourth-order valence-electron chi connectivity index (χ4n) is 3.71. The van der Waals surface area contributed by atoms with E-state index >= 15 is 0 Å². The van der Waals surface area contributed by atoms with Gasteiger partial charge in [0.25, 0.3) is 10.0 Å². The molecule has 0 N–H and O–H groups in total. The van der Waals surface area contributed by atoms with Crippen LogP contribution in [0.5, 0.6) is 0 Å². The van der Waals surface area contributed by atoms with E-state index in [4.69, 9.17) is 0 Å². The molecule has 0 fully saturated rings. The monoisotopic (exact) mass is 426 g/mol. The van der Waals surface area contributed by atoms with Crippen molar-refractivity contribution in [3.8, 4) is 0 Å². The zero-order valence-corrected chi connectivity index (χ0v) is 17.7. The second-order valence-electron chi connectivity index (χ2n) is 7.13. The van der Waals surface area contributed by atoms with Crippen molar-refractivity contribution in [2.24, 2.45) is 0 Å². The Morgan fingerprint density at radius 1 is 1.07 bits per heavy atom. The van der Waals surface area contributed by atoms with Crippen molar-refractivity contribution in [1.29, 1.82) is 0 Å². The number of hydrogen-bond acceptors (Lipinski definition) is 4. The first kappa shape index (κ1) is 19.8. The normalized spacial score (nSPS) is 16.6. The predicted octanol–water partition coefficient (Wildman–Crippen LogP) is 3.54. The molecule has 3 aromatic rings. The van der Waals surface area contributed by atoms with Crippen LogP contribution in [-0.4, -0.2) is 43.7 Å². The molecule has 0 saturated heterocycles. The maximum absolute atomic E-state index is 13.0. The van der Waals surface area contributed by atoms with Crippen molar-refractivity contribution in [1.82, 2.24) is 9.21 Å². The summed E-state index contributed by atoms with van der Waals surface area (Å²) < 4.78 is 26.7. The summed E-state index contributed by atoms with van der Waals surface area (Å²) in [6.45, 7) is 0.849. The van der Waals surface area contributed by atoms with Crippen LogP contribution in [0, 0.1) is 0 Å². The summed E-state index contributed by atoms with van der Waals surface area (Å²) >= 11 is 1.15. The van der Waals surface area contributed by atoms with Crippen molar-refractivity contribution in [2.45, 2.75) is 16.7 Å². The van der Waals surface area contributed by atoms with E-state index in [0.29, 0.717) is 13.1 Å². The van der Waals surface area contributed by atoms with E-state index in [1.54, 1.807) is 22.4 Å². The molecule has 1 unspecified atom stereocenters. The van der Waals surface area contributed by atoms with Crippen LogP contribution in [0.25, 0.3) is 0 Å². The lowest BCUT2D eigenvalue weighted by molar-refractivity contribution is -0.132. The number of fused-ring (bicyclic) bond motifs is 1. The molecule has 4 rings (SSSR count). The highest BCUT2D eigenvalue weighted by Gasteiger charge is 2.31. The van der Waals surface area contributed by atoms with Gasteiger partial charge in [-0.15, -0.1) is 11.3 Å². The van der Waals surface area contributed by atoms with Crippen LogP contribution in [0.1, 0.15) is 22.6 Å². The molecule has 29 heavy (non-hydrogen) atoms. The highest BCUT2D eigenvalue weighted by atomic mass is 32.2. The molecule has 0 spiro atoms. The molecule has 1 atom stereocenters. The van der Waals surface area contributed by atoms with E-state index in [9.17, 15) is 13.2 Å². The minimum atomic E-state index is -3.65. The van der Waals surface area contributed by atoms with E-state index < -0.39 is 10.0 Å². The second kappa shape index (κ2) is 8.10. The molecule has 0 radical (unpaired) electrons. The topological polar surface area (TPSA) is 57.7 Å². The molecule has 2 aromatic carbocycles. The van der Waals surface area contributed by atoms with Gasteiger partial charge in [-0.1, -0.05) is 60.7 Å². The summed E-state index contributed by atoms with van der Waals surface area (Å²) in [5, 5.41) is 1.72. The smallest absolute Gasteiger partial charge is 0.252 e. The summed E-state index contributed by atoms with van der Waals surface area (Å²) in [4.78, 5) is 14.8. The molecule has 1 amide bonds. The van der Waals surface area contributed by atoms with Crippen molar-refractivity contribution in [3.63, 3.8) is 0 Å². The molecule has 0 saturated carbocycles. The van der Waals surface area contributed by atoms with E-state index in [-0.39, 0.29) is 22.6 Å². The predicted molar refractivity (Wildman–Crippen MR) is 114 cm³/mol. The van der Waals surface area contributed by atoms with Gasteiger partial charge in [0.1, 0.15) is 4.21 Å². The Kier molecular flexibility index (Phi) is 5.54. The van der Waals surface area contributed by atoms with E-state index in [0.717, 1.165) is 26.8 Å². The quantitative estimate of drug-likeness (QED) is 0.627. The minimum absolute atomic E-state index is 0.0734. The van der Waals surface area contributed by atoms with Gasteiger partial charge in [-0.05, 0) is 28.1 Å². The first-order valence-electron chi connectivity index (χ1n) is 9.37. The number of carbonyl (C=O) groups is 1. The summed E-state index contributed by atoms with van der Waals surface area (Å²) in [6.07, 6.45) is 0. The number of likely N-dealkylation sites (N-methyl/N-ethyl adjacent to an activating group) is 1. The van der Waals surface area contributed by atoms with Crippen LogP contribution in [0.15, 0.2) is 76.3 Å². The number of amides is 1. The number of rotatable bonds is 5. The fourth-order valence-corrected chi connectivity index (χ4v) is 6.03. The van der Waals surface area contributed by atoms with Gasteiger partial charge in [-0.2, -0.15) is 4.31 Å². The lowest BCUT2D eigenvalue weighted by Crippen LogP contribution is -2.44. The van der Waals surface area contributed by atoms with Gasteiger partial charge in [-0.25, -0.2) is 8.42 Å². The van der Waals surface area contributed by atoms with Gasteiger partial charge in [0.05, 0.1) is 6.54 Å². The Morgan fingerprint density at radius 3 is 2.52 bits per heavy atom. The average molecular weight is 427 g/mol. The Balaban J connectivity index is 1.57. The van der Waals surface area contributed by atoms with Crippen molar-refractivity contribution < 1.29 is 13.2 Å². The summed E-state index contributed by atoms with van der Waals surface area (Å²) in [7, 11) is -2.19. The fraction of sp³-hybridized carbons (Fsp3) is 0.227. The molecule has 150 valence electrons. The van der Waals surface area contributed by atoms with Crippen LogP contribution in [0.3, 0.4) is 0 Å². The van der Waals surface area contributed by atoms with Crippen LogP contribution >= 0.6 is 11.3 Å². The van der Waals surface area contributed by atoms with Crippen LogP contribution in [0.4, 0.5) is 0 Å².